The maximum Gasteiger partial charge on any atom is 0.124 e. The lowest BCUT2D eigenvalue weighted by Crippen LogP contribution is -2.18. The summed E-state index contributed by atoms with van der Waals surface area (Å²) in [5.41, 5.74) is 1.82. The van der Waals surface area contributed by atoms with Crippen LogP contribution in [0.3, 0.4) is 0 Å². The normalized spacial score (nSPS) is 15.0. The first-order valence-corrected chi connectivity index (χ1v) is 7.46. The zero-order chi connectivity index (χ0) is 12.4. The van der Waals surface area contributed by atoms with Gasteiger partial charge >= 0.3 is 0 Å². The van der Waals surface area contributed by atoms with E-state index in [4.69, 9.17) is 11.6 Å². The second kappa shape index (κ2) is 5.14. The first kappa shape index (κ1) is 12.5. The molecule has 0 spiro atoms. The molecule has 0 radical (unpaired) electrons. The number of halogens is 1. The van der Waals surface area contributed by atoms with E-state index in [2.05, 4.69) is 9.97 Å². The Hall–Kier alpha value is -0.940. The molecule has 4 nitrogen and oxygen atoms in total. The van der Waals surface area contributed by atoms with Crippen molar-refractivity contribution in [2.75, 3.05) is 6.26 Å². The molecule has 0 amide bonds. The van der Waals surface area contributed by atoms with E-state index < -0.39 is 10.8 Å². The SMILES string of the molecule is CC(Cn1c(CCl)nc2cnccc21)S(C)=O. The zero-order valence-corrected chi connectivity index (χ0v) is 11.3. The van der Waals surface area contributed by atoms with Gasteiger partial charge in [0.15, 0.2) is 0 Å². The van der Waals surface area contributed by atoms with E-state index in [-0.39, 0.29) is 5.25 Å². The van der Waals surface area contributed by atoms with Crippen LogP contribution in [0.15, 0.2) is 18.5 Å². The highest BCUT2D eigenvalue weighted by Gasteiger charge is 2.14. The molecule has 2 rings (SSSR count). The van der Waals surface area contributed by atoms with E-state index in [0.29, 0.717) is 12.4 Å². The van der Waals surface area contributed by atoms with Crippen molar-refractivity contribution < 1.29 is 4.21 Å². The molecule has 2 aromatic rings. The smallest absolute Gasteiger partial charge is 0.124 e. The molecule has 0 aliphatic rings. The Labute approximate surface area is 107 Å². The summed E-state index contributed by atoms with van der Waals surface area (Å²) >= 11 is 5.89. The highest BCUT2D eigenvalue weighted by molar-refractivity contribution is 7.84. The minimum Gasteiger partial charge on any atom is -0.326 e. The van der Waals surface area contributed by atoms with Gasteiger partial charge < -0.3 is 4.57 Å². The molecule has 0 fully saturated rings. The van der Waals surface area contributed by atoms with Crippen molar-refractivity contribution in [3.05, 3.63) is 24.3 Å². The predicted molar refractivity (Wildman–Crippen MR) is 70.6 cm³/mol. The highest BCUT2D eigenvalue weighted by Crippen LogP contribution is 2.17. The lowest BCUT2D eigenvalue weighted by Gasteiger charge is -2.12. The Kier molecular flexibility index (Phi) is 3.79. The molecular formula is C11H14ClN3OS. The van der Waals surface area contributed by atoms with E-state index in [1.54, 1.807) is 18.6 Å². The van der Waals surface area contributed by atoms with Crippen molar-refractivity contribution in [2.24, 2.45) is 0 Å². The standard InChI is InChI=1S/C11H14ClN3OS/c1-8(17(2)16)7-15-10-3-4-13-6-9(10)14-11(15)5-12/h3-4,6,8H,5,7H2,1-2H3. The lowest BCUT2D eigenvalue weighted by molar-refractivity contribution is 0.641. The molecule has 0 saturated heterocycles. The summed E-state index contributed by atoms with van der Waals surface area (Å²) in [5.74, 6) is 1.14. The van der Waals surface area contributed by atoms with Gasteiger partial charge in [-0.1, -0.05) is 0 Å². The Morgan fingerprint density at radius 3 is 3.00 bits per heavy atom. The van der Waals surface area contributed by atoms with Crippen LogP contribution >= 0.6 is 11.6 Å². The maximum absolute atomic E-state index is 11.4. The minimum absolute atomic E-state index is 0.0718. The molecule has 17 heavy (non-hydrogen) atoms. The number of imidazole rings is 1. The molecule has 0 aliphatic carbocycles. The number of hydrogen-bond acceptors (Lipinski definition) is 3. The van der Waals surface area contributed by atoms with Gasteiger partial charge in [0.2, 0.25) is 0 Å². The van der Waals surface area contributed by atoms with E-state index in [0.717, 1.165) is 16.9 Å². The monoisotopic (exact) mass is 271 g/mol. The first-order chi connectivity index (χ1) is 8.13. The third-order valence-corrected chi connectivity index (χ3v) is 4.28. The van der Waals surface area contributed by atoms with Gasteiger partial charge in [-0.2, -0.15) is 0 Å². The van der Waals surface area contributed by atoms with Crippen LogP contribution in [-0.4, -0.2) is 30.2 Å². The number of rotatable bonds is 4. The molecule has 2 heterocycles. The van der Waals surface area contributed by atoms with Crippen LogP contribution in [0.4, 0.5) is 0 Å². The van der Waals surface area contributed by atoms with Crippen LogP contribution in [0, 0.1) is 0 Å². The summed E-state index contributed by atoms with van der Waals surface area (Å²) in [6, 6.07) is 1.91. The van der Waals surface area contributed by atoms with Crippen molar-refractivity contribution in [3.8, 4) is 0 Å². The number of hydrogen-bond donors (Lipinski definition) is 0. The fourth-order valence-corrected chi connectivity index (χ4v) is 2.26. The third-order valence-electron chi connectivity index (χ3n) is 2.76. The van der Waals surface area contributed by atoms with Crippen LogP contribution in [0.5, 0.6) is 0 Å². The zero-order valence-electron chi connectivity index (χ0n) is 9.76. The maximum atomic E-state index is 11.4. The quantitative estimate of drug-likeness (QED) is 0.799. The topological polar surface area (TPSA) is 47.8 Å². The fraction of sp³-hybridized carbons (Fsp3) is 0.455. The van der Waals surface area contributed by atoms with Crippen molar-refractivity contribution in [3.63, 3.8) is 0 Å². The van der Waals surface area contributed by atoms with E-state index >= 15 is 0 Å². The average molecular weight is 272 g/mol. The second-order valence-corrected chi connectivity index (χ2v) is 6.02. The molecule has 0 N–H and O–H groups in total. The molecule has 0 saturated carbocycles. The van der Waals surface area contributed by atoms with Crippen LogP contribution < -0.4 is 0 Å². The second-order valence-electron chi connectivity index (χ2n) is 3.95. The predicted octanol–water partition coefficient (Wildman–Crippen LogP) is 1.94. The summed E-state index contributed by atoms with van der Waals surface area (Å²) in [6.07, 6.45) is 5.16. The molecular weight excluding hydrogens is 258 g/mol. The van der Waals surface area contributed by atoms with Crippen LogP contribution in [0.1, 0.15) is 12.7 Å². The first-order valence-electron chi connectivity index (χ1n) is 5.30. The summed E-state index contributed by atoms with van der Waals surface area (Å²) in [6.45, 7) is 2.62. The minimum atomic E-state index is -0.855. The van der Waals surface area contributed by atoms with Crippen molar-refractivity contribution >= 4 is 33.4 Å². The molecule has 2 unspecified atom stereocenters. The summed E-state index contributed by atoms with van der Waals surface area (Å²) in [7, 11) is -0.855. The Morgan fingerprint density at radius 1 is 1.59 bits per heavy atom. The molecule has 0 aromatic carbocycles. The van der Waals surface area contributed by atoms with Gasteiger partial charge in [-0.05, 0) is 13.0 Å². The summed E-state index contributed by atoms with van der Waals surface area (Å²) in [5, 5.41) is 0.0718. The van der Waals surface area contributed by atoms with Crippen LogP contribution in [0.25, 0.3) is 11.0 Å². The summed E-state index contributed by atoms with van der Waals surface area (Å²) < 4.78 is 13.5. The van der Waals surface area contributed by atoms with E-state index in [1.165, 1.54) is 0 Å². The van der Waals surface area contributed by atoms with E-state index in [1.807, 2.05) is 17.6 Å². The third kappa shape index (κ3) is 2.50. The number of fused-ring (bicyclic) bond motifs is 1. The van der Waals surface area contributed by atoms with Crippen LogP contribution in [-0.2, 0) is 23.2 Å². The molecule has 0 bridgehead atoms. The van der Waals surface area contributed by atoms with Gasteiger partial charge in [-0.25, -0.2) is 4.98 Å². The lowest BCUT2D eigenvalue weighted by atomic mass is 10.4. The fourth-order valence-electron chi connectivity index (χ4n) is 1.70. The van der Waals surface area contributed by atoms with Gasteiger partial charge in [0.1, 0.15) is 11.3 Å². The molecule has 2 aromatic heterocycles. The Morgan fingerprint density at radius 2 is 2.35 bits per heavy atom. The number of aromatic nitrogens is 3. The summed E-state index contributed by atoms with van der Waals surface area (Å²) in [4.78, 5) is 8.45. The molecule has 6 heteroatoms. The average Bonchev–Trinajstić information content (AvgIpc) is 2.67. The number of alkyl halides is 1. The largest absolute Gasteiger partial charge is 0.326 e. The van der Waals surface area contributed by atoms with Crippen molar-refractivity contribution in [1.29, 1.82) is 0 Å². The molecule has 0 aliphatic heterocycles. The van der Waals surface area contributed by atoms with Crippen LogP contribution in [0.2, 0.25) is 0 Å². The van der Waals surface area contributed by atoms with Gasteiger partial charge in [-0.3, -0.25) is 9.19 Å². The highest BCUT2D eigenvalue weighted by atomic mass is 35.5. The molecule has 92 valence electrons. The van der Waals surface area contributed by atoms with Gasteiger partial charge in [0.05, 0.1) is 17.6 Å². The van der Waals surface area contributed by atoms with Crippen molar-refractivity contribution in [1.82, 2.24) is 14.5 Å². The number of pyridine rings is 1. The Balaban J connectivity index is 2.46. The van der Waals surface area contributed by atoms with Crippen molar-refractivity contribution in [2.45, 2.75) is 24.6 Å². The van der Waals surface area contributed by atoms with E-state index in [9.17, 15) is 4.21 Å². The Bertz CT molecular complexity index is 555. The van der Waals surface area contributed by atoms with Gasteiger partial charge in [-0.15, -0.1) is 11.6 Å². The van der Waals surface area contributed by atoms with Gasteiger partial charge in [0.25, 0.3) is 0 Å². The number of nitrogens with zero attached hydrogens (tertiary/aromatic N) is 3. The van der Waals surface area contributed by atoms with Gasteiger partial charge in [0, 0.05) is 35.0 Å². The molecule has 2 atom stereocenters.